The molecule has 0 N–H and O–H groups in total. The molecule has 1 aliphatic rings. The van der Waals surface area contributed by atoms with Gasteiger partial charge in [0.15, 0.2) is 0 Å². The van der Waals surface area contributed by atoms with Gasteiger partial charge in [0, 0.05) is 23.4 Å². The smallest absolute Gasteiger partial charge is 0.141 e. The maximum absolute atomic E-state index is 6.10. The largest absolute Gasteiger partial charge is 0.456 e. The third-order valence-corrected chi connectivity index (χ3v) is 3.92. The van der Waals surface area contributed by atoms with E-state index in [1.54, 1.807) is 0 Å². The Bertz CT molecular complexity index is 841. The lowest BCUT2D eigenvalue weighted by molar-refractivity contribution is 0.389. The van der Waals surface area contributed by atoms with E-state index in [2.05, 4.69) is 66.7 Å². The number of rotatable bonds is 1. The van der Waals surface area contributed by atoms with Crippen molar-refractivity contribution in [1.82, 2.24) is 4.90 Å². The van der Waals surface area contributed by atoms with Crippen molar-refractivity contribution in [3.8, 4) is 0 Å². The number of likely N-dealkylation sites (N-methyl/N-ethyl adjacent to an activating group) is 1. The first-order valence-corrected chi connectivity index (χ1v) is 6.82. The lowest BCUT2D eigenvalue weighted by atomic mass is 10.0. The van der Waals surface area contributed by atoms with Crippen molar-refractivity contribution < 1.29 is 4.42 Å². The van der Waals surface area contributed by atoms with Gasteiger partial charge in [0.25, 0.3) is 0 Å². The van der Waals surface area contributed by atoms with Crippen LogP contribution in [0.25, 0.3) is 21.9 Å². The van der Waals surface area contributed by atoms with Gasteiger partial charge in [-0.15, -0.1) is 0 Å². The van der Waals surface area contributed by atoms with Crippen LogP contribution in [0.2, 0.25) is 0 Å². The Morgan fingerprint density at radius 3 is 2.70 bits per heavy atom. The van der Waals surface area contributed by atoms with Crippen LogP contribution >= 0.6 is 0 Å². The van der Waals surface area contributed by atoms with Crippen LogP contribution in [0.1, 0.15) is 11.6 Å². The van der Waals surface area contributed by atoms with Gasteiger partial charge < -0.3 is 9.32 Å². The van der Waals surface area contributed by atoms with Gasteiger partial charge in [-0.2, -0.15) is 0 Å². The van der Waals surface area contributed by atoms with Crippen LogP contribution in [0.5, 0.6) is 0 Å². The first kappa shape index (κ1) is 11.4. The third kappa shape index (κ3) is 1.58. The van der Waals surface area contributed by atoms with Crippen LogP contribution in [-0.2, 0) is 0 Å². The summed E-state index contributed by atoms with van der Waals surface area (Å²) in [6.07, 6.45) is 8.43. The maximum atomic E-state index is 6.10. The zero-order chi connectivity index (χ0) is 13.5. The molecule has 0 saturated heterocycles. The Labute approximate surface area is 117 Å². The number of benzene rings is 2. The molecule has 2 aromatic carbocycles. The number of fused-ring (bicyclic) bond motifs is 3. The molecule has 2 heteroatoms. The molecule has 0 spiro atoms. The third-order valence-electron chi connectivity index (χ3n) is 3.92. The molecule has 0 bridgehead atoms. The second-order valence-electron chi connectivity index (χ2n) is 5.16. The van der Waals surface area contributed by atoms with Gasteiger partial charge in [0.2, 0.25) is 0 Å². The average Bonchev–Trinajstić information content (AvgIpc) is 2.86. The summed E-state index contributed by atoms with van der Waals surface area (Å²) < 4.78 is 6.10. The topological polar surface area (TPSA) is 16.4 Å². The van der Waals surface area contributed by atoms with Crippen LogP contribution in [0, 0.1) is 0 Å². The molecule has 1 aromatic heterocycles. The summed E-state index contributed by atoms with van der Waals surface area (Å²) in [7, 11) is 2.09. The first-order chi connectivity index (χ1) is 9.84. The summed E-state index contributed by atoms with van der Waals surface area (Å²) in [4.78, 5) is 2.20. The Morgan fingerprint density at radius 1 is 0.950 bits per heavy atom. The molecule has 3 aromatic rings. The fourth-order valence-corrected chi connectivity index (χ4v) is 2.91. The van der Waals surface area contributed by atoms with E-state index in [9.17, 15) is 0 Å². The highest BCUT2D eigenvalue weighted by Crippen LogP contribution is 2.35. The fraction of sp³-hybridized carbons (Fsp3) is 0.111. The Balaban J connectivity index is 2.00. The monoisotopic (exact) mass is 261 g/mol. The zero-order valence-electron chi connectivity index (χ0n) is 11.3. The second kappa shape index (κ2) is 4.27. The van der Waals surface area contributed by atoms with E-state index in [4.69, 9.17) is 4.42 Å². The van der Waals surface area contributed by atoms with E-state index in [0.717, 1.165) is 11.2 Å². The molecule has 4 rings (SSSR count). The fourth-order valence-electron chi connectivity index (χ4n) is 2.91. The predicted molar refractivity (Wildman–Crippen MR) is 82.5 cm³/mol. The number of allylic oxidation sites excluding steroid dienone is 2. The van der Waals surface area contributed by atoms with Gasteiger partial charge in [-0.3, -0.25) is 0 Å². The van der Waals surface area contributed by atoms with Gasteiger partial charge in [-0.05, 0) is 18.3 Å². The summed E-state index contributed by atoms with van der Waals surface area (Å²) in [5.41, 5.74) is 3.15. The number of nitrogens with zero attached hydrogens (tertiary/aromatic N) is 1. The van der Waals surface area contributed by atoms with Crippen molar-refractivity contribution in [3.63, 3.8) is 0 Å². The molecule has 20 heavy (non-hydrogen) atoms. The number of furan rings is 1. The Hall–Kier alpha value is -2.48. The van der Waals surface area contributed by atoms with Crippen LogP contribution in [0.4, 0.5) is 0 Å². The molecular formula is C18H15NO. The minimum Gasteiger partial charge on any atom is -0.456 e. The van der Waals surface area contributed by atoms with Crippen LogP contribution in [-0.4, -0.2) is 11.9 Å². The second-order valence-corrected chi connectivity index (χ2v) is 5.16. The molecule has 1 atom stereocenters. The van der Waals surface area contributed by atoms with Crippen LogP contribution in [0.15, 0.2) is 71.3 Å². The van der Waals surface area contributed by atoms with Crippen molar-refractivity contribution >= 4 is 21.9 Å². The molecule has 0 saturated carbocycles. The summed E-state index contributed by atoms with van der Waals surface area (Å²) in [6, 6.07) is 14.8. The van der Waals surface area contributed by atoms with E-state index in [-0.39, 0.29) is 6.04 Å². The molecule has 98 valence electrons. The molecule has 2 nitrogen and oxygen atoms in total. The van der Waals surface area contributed by atoms with Gasteiger partial charge in [-0.25, -0.2) is 0 Å². The maximum Gasteiger partial charge on any atom is 0.141 e. The number of para-hydroxylation sites is 2. The van der Waals surface area contributed by atoms with Crippen molar-refractivity contribution in [2.75, 3.05) is 7.05 Å². The minimum absolute atomic E-state index is 0.226. The zero-order valence-corrected chi connectivity index (χ0v) is 11.3. The van der Waals surface area contributed by atoms with E-state index in [1.807, 2.05) is 12.1 Å². The summed E-state index contributed by atoms with van der Waals surface area (Å²) in [5.74, 6) is 0. The minimum atomic E-state index is 0.226. The van der Waals surface area contributed by atoms with Crippen molar-refractivity contribution in [3.05, 3.63) is 72.5 Å². The molecule has 0 amide bonds. The van der Waals surface area contributed by atoms with E-state index in [0.29, 0.717) is 0 Å². The standard InChI is InChI=1S/C18H15NO/c1-19-12-5-4-10-16(19)15-9-6-8-14-13-7-2-3-11-17(13)20-18(14)15/h2-12,16H,1H3. The van der Waals surface area contributed by atoms with Crippen molar-refractivity contribution in [2.45, 2.75) is 6.04 Å². The Kier molecular flexibility index (Phi) is 2.43. The molecular weight excluding hydrogens is 246 g/mol. The molecule has 2 heterocycles. The number of hydrogen-bond acceptors (Lipinski definition) is 2. The van der Waals surface area contributed by atoms with E-state index < -0.39 is 0 Å². The average molecular weight is 261 g/mol. The number of hydrogen-bond donors (Lipinski definition) is 0. The predicted octanol–water partition coefficient (Wildman–Crippen LogP) is 4.64. The van der Waals surface area contributed by atoms with Gasteiger partial charge in [0.05, 0.1) is 6.04 Å². The normalized spacial score (nSPS) is 18.2. The highest BCUT2D eigenvalue weighted by molar-refractivity contribution is 6.05. The lowest BCUT2D eigenvalue weighted by Crippen LogP contribution is -2.18. The van der Waals surface area contributed by atoms with E-state index in [1.165, 1.54) is 16.3 Å². The summed E-state index contributed by atoms with van der Waals surface area (Å²) in [6.45, 7) is 0. The van der Waals surface area contributed by atoms with Gasteiger partial charge in [-0.1, -0.05) is 48.6 Å². The molecule has 1 unspecified atom stereocenters. The lowest BCUT2D eigenvalue weighted by Gasteiger charge is -2.26. The quantitative estimate of drug-likeness (QED) is 0.634. The van der Waals surface area contributed by atoms with Crippen molar-refractivity contribution in [1.29, 1.82) is 0 Å². The molecule has 0 aliphatic carbocycles. The van der Waals surface area contributed by atoms with Gasteiger partial charge in [0.1, 0.15) is 11.2 Å². The first-order valence-electron chi connectivity index (χ1n) is 6.82. The highest BCUT2D eigenvalue weighted by Gasteiger charge is 2.19. The van der Waals surface area contributed by atoms with E-state index >= 15 is 0 Å². The van der Waals surface area contributed by atoms with Crippen LogP contribution < -0.4 is 0 Å². The Morgan fingerprint density at radius 2 is 1.80 bits per heavy atom. The van der Waals surface area contributed by atoms with Gasteiger partial charge >= 0.3 is 0 Å². The summed E-state index contributed by atoms with van der Waals surface area (Å²) >= 11 is 0. The molecule has 0 radical (unpaired) electrons. The van der Waals surface area contributed by atoms with Crippen molar-refractivity contribution in [2.24, 2.45) is 0 Å². The molecule has 0 fully saturated rings. The SMILES string of the molecule is CN1C=CC=CC1c1cccc2c1oc1ccccc12. The van der Waals surface area contributed by atoms with Crippen LogP contribution in [0.3, 0.4) is 0 Å². The highest BCUT2D eigenvalue weighted by atomic mass is 16.3. The summed E-state index contributed by atoms with van der Waals surface area (Å²) in [5, 5.41) is 2.37. The molecule has 1 aliphatic heterocycles.